The van der Waals surface area contributed by atoms with Gasteiger partial charge in [0.15, 0.2) is 5.69 Å². The Hall–Kier alpha value is -3.81. The molecule has 2 heterocycles. The molecule has 2 aromatic heterocycles. The van der Waals surface area contributed by atoms with Crippen LogP contribution in [0.25, 0.3) is 22.8 Å². The lowest BCUT2D eigenvalue weighted by molar-refractivity contribution is -0.0498. The van der Waals surface area contributed by atoms with Crippen molar-refractivity contribution < 1.29 is 13.5 Å². The zero-order valence-electron chi connectivity index (χ0n) is 14.4. The molecule has 2 aromatic carbocycles. The van der Waals surface area contributed by atoms with Gasteiger partial charge in [-0.15, -0.1) is 0 Å². The Labute approximate surface area is 158 Å². The first-order valence-electron chi connectivity index (χ1n) is 8.37. The molecular weight excluding hydrogens is 366 g/mol. The van der Waals surface area contributed by atoms with Gasteiger partial charge in [0.05, 0.1) is 23.3 Å². The average molecular weight is 380 g/mol. The Kier molecular flexibility index (Phi) is 4.67. The molecule has 0 saturated heterocycles. The second-order valence-corrected chi connectivity index (χ2v) is 5.81. The number of hydrogen-bond donors (Lipinski definition) is 0. The van der Waals surface area contributed by atoms with Gasteiger partial charge in [0.2, 0.25) is 5.43 Å². The maximum atomic E-state index is 12.5. The summed E-state index contributed by atoms with van der Waals surface area (Å²) in [6.07, 6.45) is 3.05. The summed E-state index contributed by atoms with van der Waals surface area (Å²) < 4.78 is 32.4. The van der Waals surface area contributed by atoms with Crippen LogP contribution in [0.2, 0.25) is 0 Å². The van der Waals surface area contributed by atoms with Crippen LogP contribution in [0.15, 0.2) is 83.9 Å². The largest absolute Gasteiger partial charge is 0.435 e. The van der Waals surface area contributed by atoms with Gasteiger partial charge in [-0.2, -0.15) is 19.0 Å². The highest BCUT2D eigenvalue weighted by Crippen LogP contribution is 2.20. The van der Waals surface area contributed by atoms with Crippen molar-refractivity contribution in [2.45, 2.75) is 6.61 Å². The van der Waals surface area contributed by atoms with Gasteiger partial charge in [-0.3, -0.25) is 4.79 Å². The molecule has 0 aliphatic heterocycles. The molecule has 0 bridgehead atoms. The zero-order chi connectivity index (χ0) is 19.5. The van der Waals surface area contributed by atoms with Gasteiger partial charge in [-0.25, -0.2) is 9.36 Å². The van der Waals surface area contributed by atoms with Gasteiger partial charge >= 0.3 is 6.61 Å². The first-order chi connectivity index (χ1) is 13.6. The summed E-state index contributed by atoms with van der Waals surface area (Å²) in [4.78, 5) is 12.5. The van der Waals surface area contributed by atoms with E-state index in [0.29, 0.717) is 11.4 Å². The first-order valence-corrected chi connectivity index (χ1v) is 8.37. The lowest BCUT2D eigenvalue weighted by Crippen LogP contribution is -2.15. The maximum absolute atomic E-state index is 12.5. The lowest BCUT2D eigenvalue weighted by Gasteiger charge is -2.11. The molecule has 0 aliphatic rings. The minimum atomic E-state index is -2.92. The second-order valence-electron chi connectivity index (χ2n) is 5.81. The van der Waals surface area contributed by atoms with Crippen LogP contribution in [-0.2, 0) is 0 Å². The first kappa shape index (κ1) is 17.6. The Morgan fingerprint density at radius 1 is 0.929 bits per heavy atom. The minimum absolute atomic E-state index is 0.00359. The molecule has 0 radical (unpaired) electrons. The molecule has 0 amide bonds. The highest BCUT2D eigenvalue weighted by atomic mass is 19.3. The molecule has 0 spiro atoms. The SMILES string of the molecule is O=c1ccn(-c2cccc(OC(F)F)c2)nc1-c1ccnn1-c1ccccc1. The van der Waals surface area contributed by atoms with E-state index >= 15 is 0 Å². The van der Waals surface area contributed by atoms with Crippen LogP contribution >= 0.6 is 0 Å². The Morgan fingerprint density at radius 3 is 2.50 bits per heavy atom. The van der Waals surface area contributed by atoms with Gasteiger partial charge in [0.25, 0.3) is 0 Å². The lowest BCUT2D eigenvalue weighted by atomic mass is 10.2. The number of alkyl halides is 2. The monoisotopic (exact) mass is 380 g/mol. The molecule has 8 heteroatoms. The van der Waals surface area contributed by atoms with Crippen LogP contribution in [0.4, 0.5) is 8.78 Å². The topological polar surface area (TPSA) is 61.9 Å². The number of halogens is 2. The molecule has 140 valence electrons. The molecule has 0 atom stereocenters. The Balaban J connectivity index is 1.78. The normalized spacial score (nSPS) is 11.0. The van der Waals surface area contributed by atoms with Crippen molar-refractivity contribution in [1.29, 1.82) is 0 Å². The van der Waals surface area contributed by atoms with Gasteiger partial charge in [-0.1, -0.05) is 24.3 Å². The number of hydrogen-bond acceptors (Lipinski definition) is 4. The molecule has 0 fully saturated rings. The van der Waals surface area contributed by atoms with Gasteiger partial charge in [-0.05, 0) is 30.3 Å². The maximum Gasteiger partial charge on any atom is 0.387 e. The van der Waals surface area contributed by atoms with Gasteiger partial charge < -0.3 is 4.74 Å². The summed E-state index contributed by atoms with van der Waals surface area (Å²) in [7, 11) is 0. The fraction of sp³-hybridized carbons (Fsp3) is 0.0500. The van der Waals surface area contributed by atoms with Crippen LogP contribution in [0.3, 0.4) is 0 Å². The molecule has 28 heavy (non-hydrogen) atoms. The molecular formula is C20H14F2N4O2. The summed E-state index contributed by atoms with van der Waals surface area (Å²) >= 11 is 0. The van der Waals surface area contributed by atoms with E-state index in [4.69, 9.17) is 0 Å². The molecule has 0 unspecified atom stereocenters. The highest BCUT2D eigenvalue weighted by molar-refractivity contribution is 5.57. The van der Waals surface area contributed by atoms with E-state index in [1.807, 2.05) is 30.3 Å². The number of para-hydroxylation sites is 1. The van der Waals surface area contributed by atoms with E-state index in [9.17, 15) is 13.6 Å². The van der Waals surface area contributed by atoms with E-state index in [1.54, 1.807) is 29.1 Å². The van der Waals surface area contributed by atoms with Crippen molar-refractivity contribution in [2.24, 2.45) is 0 Å². The molecule has 4 rings (SSSR count). The predicted octanol–water partition coefficient (Wildman–Crippen LogP) is 3.69. The van der Waals surface area contributed by atoms with E-state index < -0.39 is 6.61 Å². The van der Waals surface area contributed by atoms with E-state index in [0.717, 1.165) is 5.69 Å². The Bertz CT molecular complexity index is 1160. The van der Waals surface area contributed by atoms with Crippen LogP contribution in [0.1, 0.15) is 0 Å². The van der Waals surface area contributed by atoms with Crippen LogP contribution < -0.4 is 10.2 Å². The molecule has 0 saturated carbocycles. The number of aromatic nitrogens is 4. The summed E-state index contributed by atoms with van der Waals surface area (Å²) in [5, 5.41) is 8.67. The van der Waals surface area contributed by atoms with Crippen LogP contribution in [0.5, 0.6) is 5.75 Å². The molecule has 0 aliphatic carbocycles. The van der Waals surface area contributed by atoms with Crippen molar-refractivity contribution in [3.8, 4) is 28.5 Å². The molecule has 6 nitrogen and oxygen atoms in total. The summed E-state index contributed by atoms with van der Waals surface area (Å²) in [5.41, 5.74) is 1.68. The number of benzene rings is 2. The van der Waals surface area contributed by atoms with Crippen molar-refractivity contribution in [3.63, 3.8) is 0 Å². The quantitative estimate of drug-likeness (QED) is 0.530. The third kappa shape index (κ3) is 3.52. The Morgan fingerprint density at radius 2 is 1.71 bits per heavy atom. The summed E-state index contributed by atoms with van der Waals surface area (Å²) in [6.45, 7) is -2.92. The molecule has 4 aromatic rings. The van der Waals surface area contributed by atoms with Crippen LogP contribution in [-0.4, -0.2) is 26.2 Å². The highest BCUT2D eigenvalue weighted by Gasteiger charge is 2.14. The fourth-order valence-electron chi connectivity index (χ4n) is 2.79. The predicted molar refractivity (Wildman–Crippen MR) is 99.0 cm³/mol. The summed E-state index contributed by atoms with van der Waals surface area (Å²) in [5.74, 6) is 0.00359. The van der Waals surface area contributed by atoms with Crippen molar-refractivity contribution >= 4 is 0 Å². The van der Waals surface area contributed by atoms with Gasteiger partial charge in [0, 0.05) is 18.3 Å². The van der Waals surface area contributed by atoms with Gasteiger partial charge in [0.1, 0.15) is 5.75 Å². The third-order valence-corrected chi connectivity index (χ3v) is 4.00. The molecule has 0 N–H and O–H groups in total. The number of rotatable bonds is 5. The smallest absolute Gasteiger partial charge is 0.387 e. The number of nitrogens with zero attached hydrogens (tertiary/aromatic N) is 4. The van der Waals surface area contributed by atoms with E-state index in [-0.39, 0.29) is 16.9 Å². The second kappa shape index (κ2) is 7.43. The third-order valence-electron chi connectivity index (χ3n) is 4.00. The van der Waals surface area contributed by atoms with Crippen molar-refractivity contribution in [3.05, 3.63) is 89.3 Å². The number of ether oxygens (including phenoxy) is 1. The fourth-order valence-corrected chi connectivity index (χ4v) is 2.79. The van der Waals surface area contributed by atoms with E-state index in [2.05, 4.69) is 14.9 Å². The minimum Gasteiger partial charge on any atom is -0.435 e. The zero-order valence-corrected chi connectivity index (χ0v) is 14.4. The average Bonchev–Trinajstić information content (AvgIpc) is 3.18. The van der Waals surface area contributed by atoms with E-state index in [1.165, 1.54) is 29.1 Å². The standard InChI is InChI=1S/C20H14F2N4O2/c21-20(22)28-16-8-4-7-15(13-16)25-12-10-18(27)19(24-25)17-9-11-23-26(17)14-5-2-1-3-6-14/h1-13,20H. The van der Waals surface area contributed by atoms with Crippen molar-refractivity contribution in [1.82, 2.24) is 19.6 Å². The van der Waals surface area contributed by atoms with Crippen molar-refractivity contribution in [2.75, 3.05) is 0 Å². The van der Waals surface area contributed by atoms with Crippen LogP contribution in [0, 0.1) is 0 Å². The summed E-state index contributed by atoms with van der Waals surface area (Å²) in [6, 6.07) is 18.5.